The van der Waals surface area contributed by atoms with E-state index in [2.05, 4.69) is 10.9 Å². The number of benzene rings is 1. The molecule has 1 saturated carbocycles. The molecule has 0 aliphatic heterocycles. The molecule has 1 aromatic carbocycles. The van der Waals surface area contributed by atoms with Crippen molar-refractivity contribution in [3.05, 3.63) is 29.8 Å². The van der Waals surface area contributed by atoms with Gasteiger partial charge in [-0.15, -0.1) is 0 Å². The second-order valence-electron chi connectivity index (χ2n) is 6.92. The lowest BCUT2D eigenvalue weighted by atomic mass is 9.59. The predicted octanol–water partition coefficient (Wildman–Crippen LogP) is 1.31. The van der Waals surface area contributed by atoms with Crippen LogP contribution in [0.5, 0.6) is 0 Å². The lowest BCUT2D eigenvalue weighted by Crippen LogP contribution is -2.52. The third kappa shape index (κ3) is 3.82. The van der Waals surface area contributed by atoms with Crippen LogP contribution in [-0.4, -0.2) is 37.1 Å². The first-order valence-electron chi connectivity index (χ1n) is 7.76. The van der Waals surface area contributed by atoms with E-state index in [-0.39, 0.29) is 29.3 Å². The summed E-state index contributed by atoms with van der Waals surface area (Å²) in [6, 6.07) is 7.15. The van der Waals surface area contributed by atoms with E-state index >= 15 is 0 Å². The van der Waals surface area contributed by atoms with Crippen LogP contribution >= 0.6 is 0 Å². The van der Waals surface area contributed by atoms with Crippen LogP contribution in [0.4, 0.5) is 5.69 Å². The van der Waals surface area contributed by atoms with Crippen molar-refractivity contribution in [1.29, 1.82) is 0 Å². The summed E-state index contributed by atoms with van der Waals surface area (Å²) in [6.45, 7) is 3.90. The summed E-state index contributed by atoms with van der Waals surface area (Å²) >= 11 is 0. The van der Waals surface area contributed by atoms with Gasteiger partial charge in [-0.2, -0.15) is 0 Å². The maximum atomic E-state index is 12.1. The Morgan fingerprint density at radius 3 is 2.57 bits per heavy atom. The van der Waals surface area contributed by atoms with Gasteiger partial charge in [0.1, 0.15) is 0 Å². The Morgan fingerprint density at radius 1 is 1.30 bits per heavy atom. The van der Waals surface area contributed by atoms with E-state index in [9.17, 15) is 14.7 Å². The van der Waals surface area contributed by atoms with Crippen LogP contribution < -0.4 is 15.8 Å². The summed E-state index contributed by atoms with van der Waals surface area (Å²) in [6.07, 6.45) is 0.560. The fourth-order valence-electron chi connectivity index (χ4n) is 2.73. The molecule has 1 fully saturated rings. The zero-order chi connectivity index (χ0) is 17.2. The lowest BCUT2D eigenvalue weighted by molar-refractivity contribution is -0.134. The van der Waals surface area contributed by atoms with Gasteiger partial charge >= 0.3 is 0 Å². The van der Waals surface area contributed by atoms with Crippen LogP contribution in [0, 0.1) is 11.3 Å². The van der Waals surface area contributed by atoms with Crippen molar-refractivity contribution in [1.82, 2.24) is 10.9 Å². The highest BCUT2D eigenvalue weighted by Gasteiger charge is 2.47. The smallest absolute Gasteiger partial charge is 0.269 e. The molecule has 1 aromatic rings. The van der Waals surface area contributed by atoms with E-state index in [0.29, 0.717) is 18.4 Å². The molecular formula is C17H25N3O3. The van der Waals surface area contributed by atoms with Gasteiger partial charge in [-0.05, 0) is 36.0 Å². The van der Waals surface area contributed by atoms with Crippen molar-refractivity contribution in [2.24, 2.45) is 11.3 Å². The van der Waals surface area contributed by atoms with Crippen molar-refractivity contribution < 1.29 is 14.7 Å². The number of rotatable bonds is 4. The lowest BCUT2D eigenvalue weighted by Gasteiger charge is -2.49. The van der Waals surface area contributed by atoms with E-state index < -0.39 is 0 Å². The highest BCUT2D eigenvalue weighted by Crippen LogP contribution is 2.47. The van der Waals surface area contributed by atoms with Crippen molar-refractivity contribution >= 4 is 17.5 Å². The molecule has 0 bridgehead atoms. The van der Waals surface area contributed by atoms with Gasteiger partial charge in [0.2, 0.25) is 5.91 Å². The summed E-state index contributed by atoms with van der Waals surface area (Å²) in [5, 5.41) is 9.69. The first-order chi connectivity index (χ1) is 10.7. The Balaban J connectivity index is 1.85. The molecule has 1 aliphatic rings. The molecule has 1 aliphatic carbocycles. The highest BCUT2D eigenvalue weighted by atomic mass is 16.3. The second-order valence-corrected chi connectivity index (χ2v) is 6.92. The largest absolute Gasteiger partial charge is 0.393 e. The van der Waals surface area contributed by atoms with E-state index in [4.69, 9.17) is 0 Å². The maximum absolute atomic E-state index is 12.1. The van der Waals surface area contributed by atoms with Crippen LogP contribution in [0.25, 0.3) is 0 Å². The minimum Gasteiger partial charge on any atom is -0.393 e. The number of aliphatic hydroxyl groups is 1. The summed E-state index contributed by atoms with van der Waals surface area (Å²) < 4.78 is 0. The number of nitrogens with one attached hydrogen (secondary N) is 2. The summed E-state index contributed by atoms with van der Waals surface area (Å²) in [4.78, 5) is 25.9. The van der Waals surface area contributed by atoms with Gasteiger partial charge in [0.15, 0.2) is 0 Å². The fraction of sp³-hybridized carbons (Fsp3) is 0.529. The Morgan fingerprint density at radius 2 is 2.00 bits per heavy atom. The topological polar surface area (TPSA) is 81.7 Å². The molecule has 2 unspecified atom stereocenters. The number of hydrogen-bond acceptors (Lipinski definition) is 4. The number of nitrogens with zero attached hydrogens (tertiary/aromatic N) is 1. The fourth-order valence-corrected chi connectivity index (χ4v) is 2.73. The van der Waals surface area contributed by atoms with Crippen LogP contribution in [0.3, 0.4) is 0 Å². The zero-order valence-corrected chi connectivity index (χ0v) is 14.1. The van der Waals surface area contributed by atoms with Crippen molar-refractivity contribution in [2.75, 3.05) is 19.0 Å². The molecule has 0 radical (unpaired) electrons. The summed E-state index contributed by atoms with van der Waals surface area (Å²) in [5.41, 5.74) is 6.03. The second kappa shape index (κ2) is 6.58. The van der Waals surface area contributed by atoms with E-state index in [1.165, 1.54) is 0 Å². The molecule has 2 rings (SSSR count). The minimum atomic E-state index is -0.358. The first-order valence-corrected chi connectivity index (χ1v) is 7.76. The van der Waals surface area contributed by atoms with Crippen LogP contribution in [0.1, 0.15) is 37.0 Å². The van der Waals surface area contributed by atoms with Crippen molar-refractivity contribution in [3.8, 4) is 0 Å². The zero-order valence-electron chi connectivity index (χ0n) is 14.1. The quantitative estimate of drug-likeness (QED) is 0.731. The Hall–Kier alpha value is -2.08. The summed E-state index contributed by atoms with van der Waals surface area (Å²) in [5.74, 6) is -0.464. The number of hydrogen-bond donors (Lipinski definition) is 3. The molecule has 6 heteroatoms. The van der Waals surface area contributed by atoms with Gasteiger partial charge in [0.05, 0.1) is 6.10 Å². The molecule has 3 N–H and O–H groups in total. The van der Waals surface area contributed by atoms with Gasteiger partial charge in [0.25, 0.3) is 5.91 Å². The molecule has 6 nitrogen and oxygen atoms in total. The average Bonchev–Trinajstić information content (AvgIpc) is 2.52. The molecule has 23 heavy (non-hydrogen) atoms. The number of carbonyl (C=O) groups is 2. The van der Waals surface area contributed by atoms with Gasteiger partial charge in [0, 0.05) is 31.8 Å². The van der Waals surface area contributed by atoms with Gasteiger partial charge in [-0.25, -0.2) is 0 Å². The standard InChI is InChI=1S/C17H25N3O3/c1-17(2)12(9-14(17)21)10-15(22)18-19-16(23)11-6-5-7-13(8-11)20(3)4/h5-8,12,14,21H,9-10H2,1-4H3,(H,18,22)(H,19,23). The molecule has 126 valence electrons. The average molecular weight is 319 g/mol. The minimum absolute atomic E-state index is 0.131. The maximum Gasteiger partial charge on any atom is 0.269 e. The first kappa shape index (κ1) is 17.3. The molecule has 2 amide bonds. The van der Waals surface area contributed by atoms with E-state index in [1.807, 2.05) is 38.9 Å². The molecule has 0 heterocycles. The Bertz CT molecular complexity index is 599. The molecular weight excluding hydrogens is 294 g/mol. The van der Waals surface area contributed by atoms with Crippen molar-refractivity contribution in [2.45, 2.75) is 32.8 Å². The third-order valence-electron chi connectivity index (χ3n) is 4.79. The number of carbonyl (C=O) groups excluding carboxylic acids is 2. The molecule has 0 aromatic heterocycles. The predicted molar refractivity (Wildman–Crippen MR) is 88.9 cm³/mol. The molecule has 2 atom stereocenters. The monoisotopic (exact) mass is 319 g/mol. The van der Waals surface area contributed by atoms with Crippen LogP contribution in [-0.2, 0) is 4.79 Å². The number of anilines is 1. The van der Waals surface area contributed by atoms with Gasteiger partial charge in [-0.1, -0.05) is 19.9 Å². The Labute approximate surface area is 136 Å². The Kier molecular flexibility index (Phi) is 4.94. The van der Waals surface area contributed by atoms with Gasteiger partial charge in [-0.3, -0.25) is 20.4 Å². The highest BCUT2D eigenvalue weighted by molar-refractivity contribution is 5.96. The van der Waals surface area contributed by atoms with Crippen LogP contribution in [0.2, 0.25) is 0 Å². The van der Waals surface area contributed by atoms with Gasteiger partial charge < -0.3 is 10.0 Å². The normalized spacial score (nSPS) is 22.0. The summed E-state index contributed by atoms with van der Waals surface area (Å²) in [7, 11) is 3.79. The van der Waals surface area contributed by atoms with Crippen LogP contribution in [0.15, 0.2) is 24.3 Å². The van der Waals surface area contributed by atoms with Crippen molar-refractivity contribution in [3.63, 3.8) is 0 Å². The number of hydrazine groups is 1. The molecule has 0 saturated heterocycles. The van der Waals surface area contributed by atoms with E-state index in [1.54, 1.807) is 18.2 Å². The number of amides is 2. The number of aliphatic hydroxyl groups excluding tert-OH is 1. The molecule has 0 spiro atoms. The third-order valence-corrected chi connectivity index (χ3v) is 4.79. The van der Waals surface area contributed by atoms with E-state index in [0.717, 1.165) is 5.69 Å². The SMILES string of the molecule is CN(C)c1cccc(C(=O)NNC(=O)CC2CC(O)C2(C)C)c1.